The van der Waals surface area contributed by atoms with Crippen LogP contribution in [0.3, 0.4) is 0 Å². The van der Waals surface area contributed by atoms with Crippen molar-refractivity contribution < 1.29 is 9.63 Å². The summed E-state index contributed by atoms with van der Waals surface area (Å²) < 4.78 is 5.07. The Kier molecular flexibility index (Phi) is 2.16. The first kappa shape index (κ1) is 8.47. The van der Waals surface area contributed by atoms with E-state index in [0.29, 0.717) is 11.5 Å². The van der Waals surface area contributed by atoms with Gasteiger partial charge in [0.2, 0.25) is 0 Å². The Labute approximate surface area is 79.6 Å². The Morgan fingerprint density at radius 2 is 2.46 bits per heavy atom. The zero-order valence-electron chi connectivity index (χ0n) is 7.10. The Morgan fingerprint density at radius 1 is 1.62 bits per heavy atom. The van der Waals surface area contributed by atoms with Crippen LogP contribution in [0.25, 0.3) is 10.6 Å². The molecule has 13 heavy (non-hydrogen) atoms. The van der Waals surface area contributed by atoms with Gasteiger partial charge in [-0.3, -0.25) is 0 Å². The van der Waals surface area contributed by atoms with Gasteiger partial charge in [-0.05, 0) is 18.4 Å². The topological polar surface area (TPSA) is 46.3 Å². The number of aliphatic hydroxyl groups is 1. The van der Waals surface area contributed by atoms with Gasteiger partial charge < -0.3 is 9.63 Å². The number of hydrogen-bond acceptors (Lipinski definition) is 4. The molecule has 1 N–H and O–H groups in total. The van der Waals surface area contributed by atoms with Crippen LogP contribution in [0.4, 0.5) is 0 Å². The largest absolute Gasteiger partial charge is 0.387 e. The van der Waals surface area contributed by atoms with Crippen LogP contribution in [0, 0.1) is 0 Å². The predicted molar refractivity (Wildman–Crippen MR) is 50.4 cm³/mol. The van der Waals surface area contributed by atoms with Crippen molar-refractivity contribution in [2.24, 2.45) is 0 Å². The van der Waals surface area contributed by atoms with Crippen LogP contribution in [0.1, 0.15) is 18.7 Å². The van der Waals surface area contributed by atoms with E-state index in [4.69, 9.17) is 4.52 Å². The zero-order chi connectivity index (χ0) is 9.26. The van der Waals surface area contributed by atoms with E-state index in [2.05, 4.69) is 5.16 Å². The van der Waals surface area contributed by atoms with E-state index in [9.17, 15) is 5.11 Å². The van der Waals surface area contributed by atoms with E-state index in [-0.39, 0.29) is 0 Å². The van der Waals surface area contributed by atoms with Crippen LogP contribution in [0.15, 0.2) is 28.1 Å². The predicted octanol–water partition coefficient (Wildman–Crippen LogP) is 2.46. The lowest BCUT2D eigenvalue weighted by Crippen LogP contribution is -1.88. The highest BCUT2D eigenvalue weighted by molar-refractivity contribution is 7.13. The van der Waals surface area contributed by atoms with E-state index in [1.54, 1.807) is 24.3 Å². The van der Waals surface area contributed by atoms with E-state index in [1.807, 2.05) is 17.5 Å². The molecule has 0 amide bonds. The second-order valence-corrected chi connectivity index (χ2v) is 3.72. The fraction of sp³-hybridized carbons (Fsp3) is 0.222. The number of hydrogen-bond donors (Lipinski definition) is 1. The molecule has 2 aromatic heterocycles. The van der Waals surface area contributed by atoms with Gasteiger partial charge in [-0.25, -0.2) is 0 Å². The third-order valence-corrected chi connectivity index (χ3v) is 2.60. The zero-order valence-corrected chi connectivity index (χ0v) is 7.91. The van der Waals surface area contributed by atoms with Crippen LogP contribution >= 0.6 is 11.3 Å². The molecule has 0 aliphatic heterocycles. The molecule has 2 heterocycles. The highest BCUT2D eigenvalue weighted by Gasteiger charge is 2.10. The highest BCUT2D eigenvalue weighted by atomic mass is 32.1. The van der Waals surface area contributed by atoms with Crippen molar-refractivity contribution >= 4 is 11.3 Å². The maximum absolute atomic E-state index is 9.22. The lowest BCUT2D eigenvalue weighted by Gasteiger charge is -1.92. The fourth-order valence-electron chi connectivity index (χ4n) is 1.02. The summed E-state index contributed by atoms with van der Waals surface area (Å²) in [5.41, 5.74) is 0.573. The summed E-state index contributed by atoms with van der Waals surface area (Å²) in [6, 6.07) is 5.66. The minimum Gasteiger partial charge on any atom is -0.387 e. The molecule has 2 aromatic rings. The van der Waals surface area contributed by atoms with Crippen LogP contribution in [0.2, 0.25) is 0 Å². The normalized spacial score (nSPS) is 13.1. The van der Waals surface area contributed by atoms with Crippen LogP contribution in [-0.2, 0) is 0 Å². The van der Waals surface area contributed by atoms with Crippen molar-refractivity contribution in [1.82, 2.24) is 5.16 Å². The smallest absolute Gasteiger partial charge is 0.177 e. The van der Waals surface area contributed by atoms with Crippen LogP contribution in [-0.4, -0.2) is 10.3 Å². The Balaban J connectivity index is 2.33. The van der Waals surface area contributed by atoms with Gasteiger partial charge in [-0.15, -0.1) is 11.3 Å². The van der Waals surface area contributed by atoms with E-state index >= 15 is 0 Å². The molecule has 0 aromatic carbocycles. The van der Waals surface area contributed by atoms with Crippen molar-refractivity contribution in [2.75, 3.05) is 0 Å². The van der Waals surface area contributed by atoms with Gasteiger partial charge in [0.05, 0.1) is 11.0 Å². The lowest BCUT2D eigenvalue weighted by atomic mass is 10.2. The van der Waals surface area contributed by atoms with Gasteiger partial charge in [-0.2, -0.15) is 0 Å². The Morgan fingerprint density at radius 3 is 3.00 bits per heavy atom. The summed E-state index contributed by atoms with van der Waals surface area (Å²) in [5.74, 6) is 0.714. The number of nitrogens with zero attached hydrogens (tertiary/aromatic N) is 1. The minimum atomic E-state index is -0.572. The lowest BCUT2D eigenvalue weighted by molar-refractivity contribution is 0.188. The fourth-order valence-corrected chi connectivity index (χ4v) is 1.69. The number of aliphatic hydroxyl groups excluding tert-OH is 1. The van der Waals surface area contributed by atoms with Crippen molar-refractivity contribution in [3.63, 3.8) is 0 Å². The van der Waals surface area contributed by atoms with Crippen molar-refractivity contribution in [2.45, 2.75) is 13.0 Å². The summed E-state index contributed by atoms with van der Waals surface area (Å²) in [6.07, 6.45) is -0.572. The van der Waals surface area contributed by atoms with Crippen LogP contribution < -0.4 is 0 Å². The van der Waals surface area contributed by atoms with Crippen molar-refractivity contribution in [3.8, 4) is 10.6 Å². The van der Waals surface area contributed by atoms with Gasteiger partial charge in [0, 0.05) is 6.07 Å². The molecule has 0 fully saturated rings. The molecule has 0 spiro atoms. The molecular weight excluding hydrogens is 186 g/mol. The molecule has 1 atom stereocenters. The second kappa shape index (κ2) is 3.32. The van der Waals surface area contributed by atoms with Gasteiger partial charge in [-0.1, -0.05) is 11.2 Å². The molecule has 1 unspecified atom stereocenters. The number of thiophene rings is 1. The summed E-state index contributed by atoms with van der Waals surface area (Å²) in [5, 5.41) is 14.9. The highest BCUT2D eigenvalue weighted by Crippen LogP contribution is 2.26. The first-order valence-corrected chi connectivity index (χ1v) is 4.84. The van der Waals surface area contributed by atoms with Crippen LogP contribution in [0.5, 0.6) is 0 Å². The quantitative estimate of drug-likeness (QED) is 0.800. The average Bonchev–Trinajstić information content (AvgIpc) is 2.75. The minimum absolute atomic E-state index is 0.572. The summed E-state index contributed by atoms with van der Waals surface area (Å²) in [4.78, 5) is 1.03. The van der Waals surface area contributed by atoms with E-state index in [0.717, 1.165) is 4.88 Å². The molecular formula is C9H9NO2S. The molecule has 3 nitrogen and oxygen atoms in total. The standard InChI is InChI=1S/C9H9NO2S/c1-6(11)7-5-8(12-10-7)9-3-2-4-13-9/h2-6,11H,1H3. The molecule has 4 heteroatoms. The van der Waals surface area contributed by atoms with E-state index < -0.39 is 6.10 Å². The SMILES string of the molecule is CC(O)c1cc(-c2cccs2)on1. The maximum Gasteiger partial charge on any atom is 0.177 e. The van der Waals surface area contributed by atoms with Gasteiger partial charge in [0.1, 0.15) is 5.69 Å². The summed E-state index contributed by atoms with van der Waals surface area (Å²) in [7, 11) is 0. The van der Waals surface area contributed by atoms with Crippen molar-refractivity contribution in [1.29, 1.82) is 0 Å². The molecule has 2 rings (SSSR count). The van der Waals surface area contributed by atoms with Gasteiger partial charge in [0.25, 0.3) is 0 Å². The first-order valence-electron chi connectivity index (χ1n) is 3.96. The molecule has 0 aliphatic carbocycles. The van der Waals surface area contributed by atoms with Gasteiger partial charge >= 0.3 is 0 Å². The summed E-state index contributed by atoms with van der Waals surface area (Å²) in [6.45, 7) is 1.66. The third-order valence-electron chi connectivity index (χ3n) is 1.72. The molecule has 68 valence electrons. The molecule has 0 bridgehead atoms. The summed E-state index contributed by atoms with van der Waals surface area (Å²) >= 11 is 1.59. The molecule has 0 saturated heterocycles. The number of aromatic nitrogens is 1. The first-order chi connectivity index (χ1) is 6.27. The Hall–Kier alpha value is -1.13. The van der Waals surface area contributed by atoms with Crippen molar-refractivity contribution in [3.05, 3.63) is 29.3 Å². The number of rotatable bonds is 2. The van der Waals surface area contributed by atoms with Gasteiger partial charge in [0.15, 0.2) is 5.76 Å². The Bertz CT molecular complexity index is 378. The molecule has 0 aliphatic rings. The molecule has 0 radical (unpaired) electrons. The second-order valence-electron chi connectivity index (χ2n) is 2.77. The third kappa shape index (κ3) is 1.64. The monoisotopic (exact) mass is 195 g/mol. The van der Waals surface area contributed by atoms with E-state index in [1.165, 1.54) is 0 Å². The maximum atomic E-state index is 9.22. The average molecular weight is 195 g/mol. The molecule has 0 saturated carbocycles.